The maximum Gasteiger partial charge on any atom is 0.303 e. The molecule has 1 heterocycles. The van der Waals surface area contributed by atoms with Crippen LogP contribution < -0.4 is 5.32 Å². The molecule has 1 aliphatic heterocycles. The van der Waals surface area contributed by atoms with Crippen LogP contribution in [0, 0.1) is 5.92 Å². The number of nitrogens with zero attached hydrogens (tertiary/aromatic N) is 1. The predicted octanol–water partition coefficient (Wildman–Crippen LogP) is 6.47. The average molecular weight is 576 g/mol. The fourth-order valence-corrected chi connectivity index (χ4v) is 8.04. The van der Waals surface area contributed by atoms with Gasteiger partial charge in [-0.25, -0.2) is 0 Å². The van der Waals surface area contributed by atoms with Crippen LogP contribution in [0.25, 0.3) is 0 Å². The number of ether oxygens (including phenoxy) is 1. The first-order chi connectivity index (χ1) is 20.1. The number of phenolic OH excluding ortho intramolecular Hbond substituents is 1. The van der Waals surface area contributed by atoms with E-state index in [-0.39, 0.29) is 23.7 Å². The second kappa shape index (κ2) is 13.9. The van der Waals surface area contributed by atoms with Gasteiger partial charge in [0, 0.05) is 37.1 Å². The largest absolute Gasteiger partial charge is 0.508 e. The van der Waals surface area contributed by atoms with Gasteiger partial charge in [-0.2, -0.15) is 0 Å². The van der Waals surface area contributed by atoms with Crippen LogP contribution in [0.2, 0.25) is 0 Å². The Hall–Kier alpha value is -3.12. The lowest BCUT2D eigenvalue weighted by molar-refractivity contribution is -0.938. The molecular formula is C36H51N2O4+. The Bertz CT molecular complexity index is 1210. The van der Waals surface area contributed by atoms with Crippen molar-refractivity contribution in [2.75, 3.05) is 26.2 Å². The molecule has 1 aliphatic carbocycles. The van der Waals surface area contributed by atoms with Crippen LogP contribution in [-0.4, -0.2) is 59.3 Å². The van der Waals surface area contributed by atoms with Crippen molar-refractivity contribution in [1.29, 1.82) is 0 Å². The number of benzene rings is 2. The lowest BCUT2D eigenvalue weighted by atomic mass is 9.54. The molecule has 6 heteroatoms. The van der Waals surface area contributed by atoms with Crippen molar-refractivity contribution in [3.63, 3.8) is 0 Å². The maximum absolute atomic E-state index is 13.1. The normalized spacial score (nSPS) is 27.2. The average Bonchev–Trinajstić information content (AvgIpc) is 2.93. The topological polar surface area (TPSA) is 75.6 Å². The first-order valence-corrected chi connectivity index (χ1v) is 15.9. The summed E-state index contributed by atoms with van der Waals surface area (Å²) in [5.74, 6) is 0.509. The van der Waals surface area contributed by atoms with E-state index >= 15 is 0 Å². The number of fused-ring (bicyclic) bond motifs is 1. The van der Waals surface area contributed by atoms with Crippen LogP contribution in [0.1, 0.15) is 83.3 Å². The van der Waals surface area contributed by atoms with E-state index in [1.807, 2.05) is 24.3 Å². The number of carbonyl (C=O) groups is 2. The number of aromatic hydroxyl groups is 1. The number of carbonyl (C=O) groups excluding carboxylic acids is 2. The number of rotatable bonds is 13. The number of likely N-dealkylation sites (tertiary alicyclic amines) is 1. The number of hydrogen-bond acceptors (Lipinski definition) is 4. The van der Waals surface area contributed by atoms with Gasteiger partial charge in [0.05, 0.1) is 19.6 Å². The van der Waals surface area contributed by atoms with Gasteiger partial charge in [0.15, 0.2) is 5.60 Å². The van der Waals surface area contributed by atoms with Gasteiger partial charge in [-0.3, -0.25) is 9.59 Å². The molecule has 2 fully saturated rings. The molecule has 0 spiro atoms. The Labute approximate surface area is 252 Å². The van der Waals surface area contributed by atoms with Crippen molar-refractivity contribution < 1.29 is 23.9 Å². The summed E-state index contributed by atoms with van der Waals surface area (Å²) in [7, 11) is 0. The molecule has 1 saturated heterocycles. The lowest BCUT2D eigenvalue weighted by Gasteiger charge is -2.61. The number of piperidine rings is 1. The van der Waals surface area contributed by atoms with Gasteiger partial charge in [-0.1, -0.05) is 69.3 Å². The molecule has 2 N–H and O–H groups in total. The van der Waals surface area contributed by atoms with Crippen LogP contribution in [0.5, 0.6) is 5.75 Å². The van der Waals surface area contributed by atoms with Gasteiger partial charge in [-0.05, 0) is 67.9 Å². The van der Waals surface area contributed by atoms with Gasteiger partial charge < -0.3 is 19.6 Å². The number of nitrogens with one attached hydrogen (secondary N) is 1. The molecule has 4 atom stereocenters. The van der Waals surface area contributed by atoms with Crippen molar-refractivity contribution >= 4 is 11.9 Å². The standard InChI is InChI=1S/C36H50N2O4/c1-5-22-38(26-28(2)3)23-21-35(31-16-12-17-33(40)24-31)25-32(19-20-36(35,27-38)42-29(4)39)37-34(41)18-11-7-10-15-30-13-8-6-9-14-30/h5-6,8-9,12-14,16-17,24,28,32H,1,7,10-11,15,18-23,25-27H2,2-4H3,(H-,37,40,41)/p+1/t32-,35+,36?,38-/m0/s1. The quantitative estimate of drug-likeness (QED) is 0.124. The Balaban J connectivity index is 1.52. The van der Waals surface area contributed by atoms with E-state index in [9.17, 15) is 14.7 Å². The van der Waals surface area contributed by atoms with Crippen LogP contribution >= 0.6 is 0 Å². The van der Waals surface area contributed by atoms with Crippen LogP contribution in [0.3, 0.4) is 0 Å². The lowest BCUT2D eigenvalue weighted by Crippen LogP contribution is -2.74. The highest BCUT2D eigenvalue weighted by Gasteiger charge is 2.65. The number of esters is 1. The molecule has 6 nitrogen and oxygen atoms in total. The monoisotopic (exact) mass is 575 g/mol. The third kappa shape index (κ3) is 7.44. The molecule has 0 radical (unpaired) electrons. The van der Waals surface area contributed by atoms with Crippen LogP contribution in [-0.2, 0) is 26.2 Å². The second-order valence-electron chi connectivity index (χ2n) is 13.3. The van der Waals surface area contributed by atoms with Gasteiger partial charge in [0.25, 0.3) is 0 Å². The van der Waals surface area contributed by atoms with E-state index in [1.54, 1.807) is 6.07 Å². The van der Waals surface area contributed by atoms with Crippen molar-refractivity contribution in [2.45, 2.75) is 95.6 Å². The Morgan fingerprint density at radius 3 is 2.60 bits per heavy atom. The number of aryl methyl sites for hydroxylation is 1. The number of amides is 1. The van der Waals surface area contributed by atoms with Gasteiger partial charge in [0.2, 0.25) is 5.91 Å². The minimum absolute atomic E-state index is 0.0163. The van der Waals surface area contributed by atoms with E-state index in [1.165, 1.54) is 12.5 Å². The van der Waals surface area contributed by atoms with Crippen molar-refractivity contribution in [1.82, 2.24) is 5.32 Å². The molecule has 4 rings (SSSR count). The SMILES string of the molecule is C=CC[N@@+]1(CC(C)C)CC[C@]2(c3cccc(O)c3)C[C@@H](NC(=O)CCCCCc3ccccc3)CCC2(OC(C)=O)C1. The molecule has 1 unspecified atom stereocenters. The first-order valence-electron chi connectivity index (χ1n) is 15.9. The zero-order valence-corrected chi connectivity index (χ0v) is 25.9. The smallest absolute Gasteiger partial charge is 0.303 e. The van der Waals surface area contributed by atoms with Crippen LogP contribution in [0.4, 0.5) is 0 Å². The Morgan fingerprint density at radius 2 is 1.90 bits per heavy atom. The fraction of sp³-hybridized carbons (Fsp3) is 0.556. The zero-order chi connectivity index (χ0) is 30.2. The minimum Gasteiger partial charge on any atom is -0.508 e. The minimum atomic E-state index is -0.735. The summed E-state index contributed by atoms with van der Waals surface area (Å²) in [6.07, 6.45) is 9.43. The number of unbranched alkanes of at least 4 members (excludes halogenated alkanes) is 2. The number of quaternary nitrogens is 1. The number of hydrogen-bond donors (Lipinski definition) is 2. The summed E-state index contributed by atoms with van der Waals surface area (Å²) in [5, 5.41) is 13.9. The summed E-state index contributed by atoms with van der Waals surface area (Å²) in [6.45, 7) is 13.5. The second-order valence-corrected chi connectivity index (χ2v) is 13.3. The highest BCUT2D eigenvalue weighted by atomic mass is 16.6. The van der Waals surface area contributed by atoms with Crippen molar-refractivity contribution in [3.05, 3.63) is 78.4 Å². The highest BCUT2D eigenvalue weighted by Crippen LogP contribution is 2.55. The van der Waals surface area contributed by atoms with E-state index in [4.69, 9.17) is 4.74 Å². The first kappa shape index (κ1) is 31.8. The molecule has 2 aromatic rings. The van der Waals surface area contributed by atoms with E-state index in [0.717, 1.165) is 68.2 Å². The molecule has 0 bridgehead atoms. The summed E-state index contributed by atoms with van der Waals surface area (Å²) in [4.78, 5) is 25.9. The molecule has 2 aromatic carbocycles. The molecule has 42 heavy (non-hydrogen) atoms. The summed E-state index contributed by atoms with van der Waals surface area (Å²) in [5.41, 5.74) is 1.09. The van der Waals surface area contributed by atoms with Gasteiger partial charge in [-0.15, -0.1) is 0 Å². The third-order valence-electron chi connectivity index (χ3n) is 9.55. The Morgan fingerprint density at radius 1 is 1.12 bits per heavy atom. The molecule has 2 aliphatic rings. The molecular weight excluding hydrogens is 524 g/mol. The van der Waals surface area contributed by atoms with Gasteiger partial charge >= 0.3 is 5.97 Å². The zero-order valence-electron chi connectivity index (χ0n) is 25.9. The molecule has 1 amide bonds. The van der Waals surface area contributed by atoms with Crippen molar-refractivity contribution in [3.8, 4) is 5.75 Å². The van der Waals surface area contributed by atoms with Gasteiger partial charge in [0.1, 0.15) is 12.3 Å². The molecule has 228 valence electrons. The third-order valence-corrected chi connectivity index (χ3v) is 9.55. The Kier molecular flexibility index (Phi) is 10.5. The molecule has 1 saturated carbocycles. The summed E-state index contributed by atoms with van der Waals surface area (Å²) < 4.78 is 7.29. The fourth-order valence-electron chi connectivity index (χ4n) is 8.04. The number of phenols is 1. The van der Waals surface area contributed by atoms with E-state index in [0.29, 0.717) is 31.7 Å². The van der Waals surface area contributed by atoms with E-state index < -0.39 is 11.0 Å². The van der Waals surface area contributed by atoms with Crippen molar-refractivity contribution in [2.24, 2.45) is 5.92 Å². The molecule has 0 aromatic heterocycles. The van der Waals surface area contributed by atoms with Crippen LogP contribution in [0.15, 0.2) is 67.3 Å². The predicted molar refractivity (Wildman–Crippen MR) is 168 cm³/mol. The summed E-state index contributed by atoms with van der Waals surface area (Å²) >= 11 is 0. The highest BCUT2D eigenvalue weighted by molar-refractivity contribution is 5.76. The van der Waals surface area contributed by atoms with E-state index in [2.05, 4.69) is 56.1 Å². The summed E-state index contributed by atoms with van der Waals surface area (Å²) in [6, 6.07) is 17.9. The maximum atomic E-state index is 13.1.